The molecule has 0 radical (unpaired) electrons. The molecule has 2 aliphatic rings. The van der Waals surface area contributed by atoms with E-state index in [1.54, 1.807) is 7.05 Å². The van der Waals surface area contributed by atoms with Crippen LogP contribution in [0, 0.1) is 5.92 Å². The van der Waals surface area contributed by atoms with Gasteiger partial charge < -0.3 is 16.0 Å². The first kappa shape index (κ1) is 18.2. The van der Waals surface area contributed by atoms with Crippen LogP contribution in [-0.2, 0) is 9.59 Å². The topological polar surface area (TPSA) is 78.7 Å². The molecule has 0 aromatic rings. The third-order valence-electron chi connectivity index (χ3n) is 4.39. The van der Waals surface area contributed by atoms with Gasteiger partial charge in [-0.05, 0) is 19.3 Å². The molecule has 7 heteroatoms. The van der Waals surface area contributed by atoms with Crippen LogP contribution in [0.2, 0.25) is 0 Å². The van der Waals surface area contributed by atoms with Gasteiger partial charge >= 0.3 is 0 Å². The SMILES string of the molecule is CNC(=O)CN1CCN(C(=O)C2CCCC(N)C2)CC1.Cl. The van der Waals surface area contributed by atoms with E-state index in [0.29, 0.717) is 6.54 Å². The maximum Gasteiger partial charge on any atom is 0.233 e. The molecule has 1 aliphatic heterocycles. The molecule has 0 spiro atoms. The summed E-state index contributed by atoms with van der Waals surface area (Å²) in [5, 5.41) is 2.63. The summed E-state index contributed by atoms with van der Waals surface area (Å²) in [6, 6.07) is 0.187. The Morgan fingerprint density at radius 1 is 1.19 bits per heavy atom. The highest BCUT2D eigenvalue weighted by Crippen LogP contribution is 2.25. The number of rotatable bonds is 3. The van der Waals surface area contributed by atoms with Gasteiger partial charge in [-0.15, -0.1) is 12.4 Å². The fraction of sp³-hybridized carbons (Fsp3) is 0.857. The van der Waals surface area contributed by atoms with Crippen LogP contribution in [0.1, 0.15) is 25.7 Å². The summed E-state index contributed by atoms with van der Waals surface area (Å²) in [5.74, 6) is 0.409. The molecule has 2 atom stereocenters. The molecule has 1 aliphatic carbocycles. The van der Waals surface area contributed by atoms with Crippen LogP contribution >= 0.6 is 12.4 Å². The number of hydrogen-bond donors (Lipinski definition) is 2. The Morgan fingerprint density at radius 3 is 2.43 bits per heavy atom. The van der Waals surface area contributed by atoms with E-state index in [-0.39, 0.29) is 36.2 Å². The Bertz CT molecular complexity index is 359. The second kappa shape index (κ2) is 8.56. The fourth-order valence-corrected chi connectivity index (χ4v) is 3.12. The first-order valence-corrected chi connectivity index (χ1v) is 7.57. The zero-order valence-corrected chi connectivity index (χ0v) is 13.5. The van der Waals surface area contributed by atoms with Gasteiger partial charge in [0.25, 0.3) is 0 Å². The van der Waals surface area contributed by atoms with Crippen LogP contribution in [-0.4, -0.2) is 67.4 Å². The first-order chi connectivity index (χ1) is 9.60. The van der Waals surface area contributed by atoms with Crippen molar-refractivity contribution >= 4 is 24.2 Å². The van der Waals surface area contributed by atoms with Gasteiger partial charge in [0, 0.05) is 45.2 Å². The number of nitrogens with one attached hydrogen (secondary N) is 1. The number of amides is 2. The van der Waals surface area contributed by atoms with Crippen LogP contribution in [0.15, 0.2) is 0 Å². The van der Waals surface area contributed by atoms with E-state index in [9.17, 15) is 9.59 Å². The van der Waals surface area contributed by atoms with Crippen LogP contribution in [0.25, 0.3) is 0 Å². The highest BCUT2D eigenvalue weighted by molar-refractivity contribution is 5.85. The zero-order valence-electron chi connectivity index (χ0n) is 12.7. The largest absolute Gasteiger partial charge is 0.358 e. The molecule has 2 rings (SSSR count). The van der Waals surface area contributed by atoms with Crippen LogP contribution in [0.5, 0.6) is 0 Å². The molecule has 1 saturated heterocycles. The second-order valence-electron chi connectivity index (χ2n) is 5.90. The van der Waals surface area contributed by atoms with Gasteiger partial charge in [0.15, 0.2) is 0 Å². The summed E-state index contributed by atoms with van der Waals surface area (Å²) >= 11 is 0. The normalized spacial score (nSPS) is 26.9. The summed E-state index contributed by atoms with van der Waals surface area (Å²) in [4.78, 5) is 27.8. The van der Waals surface area contributed by atoms with Gasteiger partial charge in [-0.3, -0.25) is 14.5 Å². The Kier molecular flexibility index (Phi) is 7.42. The summed E-state index contributed by atoms with van der Waals surface area (Å²) < 4.78 is 0. The standard InChI is InChI=1S/C14H26N4O2.ClH/c1-16-13(19)10-17-5-7-18(8-6-17)14(20)11-3-2-4-12(15)9-11;/h11-12H,2-10,15H2,1H3,(H,16,19);1H. The summed E-state index contributed by atoms with van der Waals surface area (Å²) in [5.41, 5.74) is 5.96. The van der Waals surface area contributed by atoms with Crippen molar-refractivity contribution in [1.82, 2.24) is 15.1 Å². The molecule has 0 aromatic heterocycles. The smallest absolute Gasteiger partial charge is 0.233 e. The molecule has 1 saturated carbocycles. The minimum Gasteiger partial charge on any atom is -0.358 e. The monoisotopic (exact) mass is 318 g/mol. The molecule has 1 heterocycles. The van der Waals surface area contributed by atoms with Gasteiger partial charge in [0.2, 0.25) is 11.8 Å². The van der Waals surface area contributed by atoms with Crippen LogP contribution in [0.3, 0.4) is 0 Å². The molecule has 2 unspecified atom stereocenters. The summed E-state index contributed by atoms with van der Waals surface area (Å²) in [6.45, 7) is 3.42. The third-order valence-corrected chi connectivity index (χ3v) is 4.39. The Morgan fingerprint density at radius 2 is 1.86 bits per heavy atom. The lowest BCUT2D eigenvalue weighted by Gasteiger charge is -2.37. The van der Waals surface area contributed by atoms with Crippen molar-refractivity contribution < 1.29 is 9.59 Å². The molecule has 2 fully saturated rings. The van der Waals surface area contributed by atoms with Crippen molar-refractivity contribution in [2.24, 2.45) is 11.7 Å². The second-order valence-corrected chi connectivity index (χ2v) is 5.90. The fourth-order valence-electron chi connectivity index (χ4n) is 3.12. The number of piperazine rings is 1. The number of carbonyl (C=O) groups excluding carboxylic acids is 2. The lowest BCUT2D eigenvalue weighted by molar-refractivity contribution is -0.138. The van der Waals surface area contributed by atoms with Gasteiger partial charge in [-0.1, -0.05) is 6.42 Å². The van der Waals surface area contributed by atoms with E-state index in [2.05, 4.69) is 10.2 Å². The number of likely N-dealkylation sites (N-methyl/N-ethyl adjacent to an activating group) is 1. The lowest BCUT2D eigenvalue weighted by atomic mass is 9.85. The van der Waals surface area contributed by atoms with E-state index in [1.807, 2.05) is 4.90 Å². The number of nitrogens with zero attached hydrogens (tertiary/aromatic N) is 2. The first-order valence-electron chi connectivity index (χ1n) is 7.57. The summed E-state index contributed by atoms with van der Waals surface area (Å²) in [7, 11) is 1.65. The number of nitrogens with two attached hydrogens (primary N) is 1. The van der Waals surface area contributed by atoms with Crippen molar-refractivity contribution in [3.63, 3.8) is 0 Å². The van der Waals surface area contributed by atoms with Crippen molar-refractivity contribution in [2.75, 3.05) is 39.8 Å². The molecular weight excluding hydrogens is 292 g/mol. The van der Waals surface area contributed by atoms with Gasteiger partial charge in [-0.25, -0.2) is 0 Å². The van der Waals surface area contributed by atoms with Crippen molar-refractivity contribution in [3.05, 3.63) is 0 Å². The maximum absolute atomic E-state index is 12.5. The lowest BCUT2D eigenvalue weighted by Crippen LogP contribution is -2.52. The van der Waals surface area contributed by atoms with Gasteiger partial charge in [0.1, 0.15) is 0 Å². The maximum atomic E-state index is 12.5. The molecular formula is C14H27ClN4O2. The van der Waals surface area contributed by atoms with Gasteiger partial charge in [-0.2, -0.15) is 0 Å². The van der Waals surface area contributed by atoms with Crippen LogP contribution in [0.4, 0.5) is 0 Å². The average molecular weight is 319 g/mol. The molecule has 0 bridgehead atoms. The van der Waals surface area contributed by atoms with Crippen molar-refractivity contribution in [3.8, 4) is 0 Å². The highest BCUT2D eigenvalue weighted by atomic mass is 35.5. The van der Waals surface area contributed by atoms with E-state index in [0.717, 1.165) is 51.9 Å². The highest BCUT2D eigenvalue weighted by Gasteiger charge is 2.30. The van der Waals surface area contributed by atoms with Crippen LogP contribution < -0.4 is 11.1 Å². The number of hydrogen-bond acceptors (Lipinski definition) is 4. The van der Waals surface area contributed by atoms with Crippen molar-refractivity contribution in [2.45, 2.75) is 31.7 Å². The molecule has 6 nitrogen and oxygen atoms in total. The minimum absolute atomic E-state index is 0. The third kappa shape index (κ3) is 5.13. The Balaban J connectivity index is 0.00000220. The van der Waals surface area contributed by atoms with E-state index in [4.69, 9.17) is 5.73 Å². The quantitative estimate of drug-likeness (QED) is 0.756. The van der Waals surface area contributed by atoms with Crippen molar-refractivity contribution in [1.29, 1.82) is 0 Å². The van der Waals surface area contributed by atoms with E-state index < -0.39 is 0 Å². The Hall–Kier alpha value is -0.850. The zero-order chi connectivity index (χ0) is 14.5. The Labute approximate surface area is 132 Å². The minimum atomic E-state index is 0. The predicted octanol–water partition coefficient (Wildman–Crippen LogP) is -0.184. The molecule has 0 aromatic carbocycles. The summed E-state index contributed by atoms with van der Waals surface area (Å²) in [6.07, 6.45) is 3.92. The van der Waals surface area contributed by atoms with E-state index >= 15 is 0 Å². The predicted molar refractivity (Wildman–Crippen MR) is 84.3 cm³/mol. The molecule has 122 valence electrons. The van der Waals surface area contributed by atoms with Gasteiger partial charge in [0.05, 0.1) is 6.54 Å². The average Bonchev–Trinajstić information content (AvgIpc) is 2.47. The number of halogens is 1. The molecule has 2 amide bonds. The molecule has 21 heavy (non-hydrogen) atoms. The van der Waals surface area contributed by atoms with E-state index in [1.165, 1.54) is 0 Å². The number of carbonyl (C=O) groups is 2. The molecule has 3 N–H and O–H groups in total.